The first kappa shape index (κ1) is 53.0. The maximum Gasteiger partial charge on any atom is 3.00 e. The van der Waals surface area contributed by atoms with E-state index in [4.69, 9.17) is 10.3 Å². The molecule has 0 aromatic heterocycles. The second-order valence-corrected chi connectivity index (χ2v) is 19.6. The van der Waals surface area contributed by atoms with Gasteiger partial charge in [0.05, 0.1) is 5.69 Å². The first-order valence-corrected chi connectivity index (χ1v) is 23.3. The summed E-state index contributed by atoms with van der Waals surface area (Å²) in [7, 11) is 0. The Balaban J connectivity index is 0.000000330. The van der Waals surface area contributed by atoms with Crippen molar-refractivity contribution in [1.82, 2.24) is 0 Å². The molecule has 3 nitrogen and oxygen atoms in total. The first-order chi connectivity index (χ1) is 29.2. The summed E-state index contributed by atoms with van der Waals surface area (Å²) in [6.45, 7) is 41.9. The summed E-state index contributed by atoms with van der Waals surface area (Å²) >= 11 is 0. The Kier molecular flexibility index (Phi) is 19.8. The van der Waals surface area contributed by atoms with E-state index >= 15 is 0 Å². The van der Waals surface area contributed by atoms with Crippen molar-refractivity contribution >= 4 is 40.1 Å². The van der Waals surface area contributed by atoms with E-state index in [1.165, 1.54) is 55.6 Å². The molecule has 1 atom stereocenters. The van der Waals surface area contributed by atoms with Gasteiger partial charge >= 0.3 is 17.4 Å². The van der Waals surface area contributed by atoms with Crippen molar-refractivity contribution in [3.8, 4) is 22.3 Å². The second kappa shape index (κ2) is 23.5. The topological polar surface area (TPSA) is 50.3 Å². The van der Waals surface area contributed by atoms with Crippen LogP contribution in [-0.2, 0) is 0 Å². The summed E-state index contributed by atoms with van der Waals surface area (Å²) in [5.41, 5.74) is 29.1. The van der Waals surface area contributed by atoms with Crippen LogP contribution in [0.5, 0.6) is 0 Å². The van der Waals surface area contributed by atoms with Gasteiger partial charge in [0.2, 0.25) is 0 Å². The van der Waals surface area contributed by atoms with Gasteiger partial charge in [0.1, 0.15) is 0 Å². The third-order valence-corrected chi connectivity index (χ3v) is 11.9. The molecule has 4 heteroatoms. The van der Waals surface area contributed by atoms with Crippen molar-refractivity contribution in [3.63, 3.8) is 0 Å². The molecule has 1 N–H and O–H groups in total. The van der Waals surface area contributed by atoms with Crippen molar-refractivity contribution in [1.29, 1.82) is 0 Å². The Morgan fingerprint density at radius 1 is 0.476 bits per heavy atom. The Hall–Kier alpha value is -4.36. The predicted molar refractivity (Wildman–Crippen MR) is 282 cm³/mol. The van der Waals surface area contributed by atoms with E-state index in [2.05, 4.69) is 222 Å². The fourth-order valence-corrected chi connectivity index (χ4v) is 8.63. The minimum atomic E-state index is 0. The van der Waals surface area contributed by atoms with Crippen molar-refractivity contribution in [3.05, 3.63) is 165 Å². The molecule has 0 spiro atoms. The summed E-state index contributed by atoms with van der Waals surface area (Å²) in [5.74, 6) is 3.09. The molecule has 5 rings (SSSR count). The number of aliphatic imine (C=N–C) groups is 1. The Morgan fingerprint density at radius 3 is 1.11 bits per heavy atom. The molecule has 0 saturated heterocycles. The van der Waals surface area contributed by atoms with Crippen molar-refractivity contribution in [2.24, 2.45) is 4.99 Å². The van der Waals surface area contributed by atoms with Gasteiger partial charge in [-0.1, -0.05) is 219 Å². The van der Waals surface area contributed by atoms with Gasteiger partial charge in [-0.3, -0.25) is 4.99 Å². The van der Waals surface area contributed by atoms with Gasteiger partial charge in [-0.15, -0.1) is 17.3 Å². The van der Waals surface area contributed by atoms with Crippen LogP contribution in [-0.4, -0.2) is 23.1 Å². The summed E-state index contributed by atoms with van der Waals surface area (Å²) in [6, 6.07) is 32.7. The van der Waals surface area contributed by atoms with Crippen LogP contribution < -0.4 is 0 Å². The summed E-state index contributed by atoms with van der Waals surface area (Å²) in [5, 5.41) is 5.07. The Bertz CT molecular complexity index is 2150. The van der Waals surface area contributed by atoms with Gasteiger partial charge in [-0.2, -0.15) is 5.70 Å². The maximum atomic E-state index is 9.37. The molecule has 0 heterocycles. The zero-order valence-corrected chi connectivity index (χ0v) is 43.2. The quantitative estimate of drug-likeness (QED) is 0.0607. The molecule has 63 heavy (non-hydrogen) atoms. The zero-order chi connectivity index (χ0) is 46.2. The molecule has 5 aromatic carbocycles. The van der Waals surface area contributed by atoms with Crippen LogP contribution in [0.4, 0.5) is 17.1 Å². The summed E-state index contributed by atoms with van der Waals surface area (Å²) in [4.78, 5) is 5.04. The molecule has 0 aliphatic heterocycles. The first-order valence-electron chi connectivity index (χ1n) is 23.3. The van der Waals surface area contributed by atoms with E-state index in [1.54, 1.807) is 0 Å². The van der Waals surface area contributed by atoms with E-state index in [-0.39, 0.29) is 23.3 Å². The molecule has 0 aliphatic carbocycles. The van der Waals surface area contributed by atoms with E-state index in [9.17, 15) is 5.73 Å². The van der Waals surface area contributed by atoms with Gasteiger partial charge < -0.3 is 18.0 Å². The Labute approximate surface area is 395 Å². The number of allylic oxidation sites excluding steroid dienone is 2. The van der Waals surface area contributed by atoms with Crippen LogP contribution in [0, 0.1) is 6.92 Å². The standard InChI is InChI=1S/C30H38N.C29H40N2.Al/c1-18(2)22-12-9-13-23(19(3)4)28(22)26-16-11-17-27(30(26)31)29-24(20(5)6)14-10-15-25(29)21(7)8;1-18(2)24-13-11-14-25(19(3)4)28(24)30-22(9)17-23(10)31-29-26(20(5)6)15-12-16-27(29)21(7)8;/h9-21,31H,1-8H3;11-21H,1H2,2-10H3;/q-1;-2;+3/b;23-17-,30-22?;. The zero-order valence-electron chi connectivity index (χ0n) is 42.0. The summed E-state index contributed by atoms with van der Waals surface area (Å²) < 4.78 is 0. The van der Waals surface area contributed by atoms with Gasteiger partial charge in [0.15, 0.2) is 0 Å². The van der Waals surface area contributed by atoms with Gasteiger partial charge in [-0.05, 0) is 104 Å². The van der Waals surface area contributed by atoms with Crippen LogP contribution in [0.1, 0.15) is 210 Å². The molecule has 0 bridgehead atoms. The number of nitrogens with zero attached hydrogens (tertiary/aromatic N) is 2. The number of nitrogens with one attached hydrogen (secondary N) is 1. The number of hydrogen-bond acceptors (Lipinski definition) is 1. The molecule has 0 aliphatic rings. The van der Waals surface area contributed by atoms with Crippen LogP contribution >= 0.6 is 0 Å². The monoisotopic (exact) mass is 856 g/mol. The van der Waals surface area contributed by atoms with E-state index < -0.39 is 0 Å². The van der Waals surface area contributed by atoms with E-state index in [0.29, 0.717) is 47.1 Å². The predicted octanol–water partition coefficient (Wildman–Crippen LogP) is 19.5. The van der Waals surface area contributed by atoms with Gasteiger partial charge in [0.25, 0.3) is 0 Å². The smallest absolute Gasteiger partial charge is 0.698 e. The molecule has 0 radical (unpaired) electrons. The van der Waals surface area contributed by atoms with Crippen LogP contribution in [0.2, 0.25) is 0 Å². The fraction of sp³-hybridized carbons (Fsp3) is 0.424. The largest absolute Gasteiger partial charge is 3.00 e. The Morgan fingerprint density at radius 2 is 0.778 bits per heavy atom. The van der Waals surface area contributed by atoms with E-state index in [1.807, 2.05) is 0 Å². The molecule has 5 aromatic rings. The number of benzene rings is 5. The maximum absolute atomic E-state index is 9.37. The van der Waals surface area contributed by atoms with Crippen molar-refractivity contribution < 1.29 is 0 Å². The number of para-hydroxylation sites is 2. The average Bonchev–Trinajstić information content (AvgIpc) is 3.20. The number of rotatable bonds is 14. The second-order valence-electron chi connectivity index (χ2n) is 19.6. The minimum absolute atomic E-state index is 0. The average molecular weight is 856 g/mol. The van der Waals surface area contributed by atoms with Gasteiger partial charge in [0, 0.05) is 5.71 Å². The summed E-state index contributed by atoms with van der Waals surface area (Å²) in [6.07, 6.45) is 2.09. The van der Waals surface area contributed by atoms with Crippen molar-refractivity contribution in [2.45, 2.75) is 165 Å². The molecular weight excluding hydrogens is 778 g/mol. The fourth-order valence-electron chi connectivity index (χ4n) is 8.63. The van der Waals surface area contributed by atoms with Crippen LogP contribution in [0.15, 0.2) is 108 Å². The third-order valence-electron chi connectivity index (χ3n) is 11.9. The molecular formula is C59H78AlN3. The molecule has 1 unspecified atom stereocenters. The molecule has 0 amide bonds. The minimum Gasteiger partial charge on any atom is -0.698 e. The molecule has 0 fully saturated rings. The van der Waals surface area contributed by atoms with Gasteiger partial charge in [-0.25, -0.2) is 0 Å². The number of hydrogen-bond donors (Lipinski definition) is 0. The molecule has 332 valence electrons. The van der Waals surface area contributed by atoms with Crippen molar-refractivity contribution in [2.75, 3.05) is 0 Å². The molecule has 0 saturated carbocycles. The van der Waals surface area contributed by atoms with Crippen LogP contribution in [0.25, 0.3) is 33.3 Å². The third kappa shape index (κ3) is 12.9. The van der Waals surface area contributed by atoms with Crippen LogP contribution in [0.3, 0.4) is 0 Å². The normalized spacial score (nSPS) is 12.7. The SMILES string of the molecule is CC(C)c1cccc(C(C)C)c1-c1cccc(-c2c(C(C)C)cccc2C(C)C)c1[NH-].[Al+3].[CH2-]C(C)c1cccc(C(C)C)c1N=C(C)/C=C(/C)[N-]c1c(C(C)C)cccc1C(C)C. The van der Waals surface area contributed by atoms with E-state index in [0.717, 1.165) is 33.9 Å².